The van der Waals surface area contributed by atoms with Gasteiger partial charge in [-0.3, -0.25) is 9.59 Å². The number of aryl methyl sites for hydroxylation is 1. The first-order valence-electron chi connectivity index (χ1n) is 8.67. The van der Waals surface area contributed by atoms with E-state index in [2.05, 4.69) is 10.6 Å². The van der Waals surface area contributed by atoms with Crippen molar-refractivity contribution in [2.75, 3.05) is 17.2 Å². The van der Waals surface area contributed by atoms with Crippen LogP contribution in [-0.2, 0) is 4.79 Å². The molecule has 0 saturated carbocycles. The Hall–Kier alpha value is -3.31. The van der Waals surface area contributed by atoms with Crippen molar-refractivity contribution in [3.05, 3.63) is 88.9 Å². The number of halogens is 1. The second-order valence-electron chi connectivity index (χ2n) is 6.11. The molecule has 3 aromatic carbocycles. The minimum absolute atomic E-state index is 0.167. The van der Waals surface area contributed by atoms with Crippen molar-refractivity contribution in [3.8, 4) is 5.75 Å². The molecule has 2 amide bonds. The van der Waals surface area contributed by atoms with Crippen LogP contribution in [0, 0.1) is 6.92 Å². The molecule has 6 heteroatoms. The number of carbonyl (C=O) groups is 2. The molecule has 5 nitrogen and oxygen atoms in total. The molecular formula is C22H19ClN2O3. The SMILES string of the molecule is Cc1ccccc1NC(=O)c1ccc(OCC(=O)Nc2ccccc2Cl)cc1. The third-order valence-corrected chi connectivity index (χ3v) is 4.36. The fourth-order valence-electron chi connectivity index (χ4n) is 2.51. The average molecular weight is 395 g/mol. The summed E-state index contributed by atoms with van der Waals surface area (Å²) < 4.78 is 5.47. The summed E-state index contributed by atoms with van der Waals surface area (Å²) in [7, 11) is 0. The van der Waals surface area contributed by atoms with Crippen molar-refractivity contribution in [1.29, 1.82) is 0 Å². The van der Waals surface area contributed by atoms with Crippen molar-refractivity contribution in [3.63, 3.8) is 0 Å². The van der Waals surface area contributed by atoms with E-state index in [1.807, 2.05) is 31.2 Å². The van der Waals surface area contributed by atoms with E-state index >= 15 is 0 Å². The molecule has 0 aliphatic carbocycles. The van der Waals surface area contributed by atoms with Crippen LogP contribution in [0.5, 0.6) is 5.75 Å². The standard InChI is InChI=1S/C22H19ClN2O3/c1-15-6-2-4-8-19(15)25-22(27)16-10-12-17(13-11-16)28-14-21(26)24-20-9-5-3-7-18(20)23/h2-13H,14H2,1H3,(H,24,26)(H,25,27). The number of benzene rings is 3. The predicted octanol–water partition coefficient (Wildman–Crippen LogP) is 4.92. The van der Waals surface area contributed by atoms with Gasteiger partial charge in [0.15, 0.2) is 6.61 Å². The topological polar surface area (TPSA) is 67.4 Å². The van der Waals surface area contributed by atoms with Crippen LogP contribution < -0.4 is 15.4 Å². The molecule has 0 aliphatic rings. The van der Waals surface area contributed by atoms with E-state index in [9.17, 15) is 9.59 Å². The summed E-state index contributed by atoms with van der Waals surface area (Å²) in [5.74, 6) is -0.0477. The van der Waals surface area contributed by atoms with E-state index in [0.29, 0.717) is 22.0 Å². The van der Waals surface area contributed by atoms with E-state index in [-0.39, 0.29) is 18.4 Å². The molecule has 3 aromatic rings. The molecule has 0 unspecified atom stereocenters. The van der Waals surface area contributed by atoms with Crippen LogP contribution in [0.2, 0.25) is 5.02 Å². The van der Waals surface area contributed by atoms with Gasteiger partial charge >= 0.3 is 0 Å². The molecule has 0 saturated heterocycles. The highest BCUT2D eigenvalue weighted by atomic mass is 35.5. The summed E-state index contributed by atoms with van der Waals surface area (Å²) in [4.78, 5) is 24.3. The normalized spacial score (nSPS) is 10.2. The van der Waals surface area contributed by atoms with Gasteiger partial charge in [-0.15, -0.1) is 0 Å². The minimum Gasteiger partial charge on any atom is -0.484 e. The molecule has 0 aromatic heterocycles. The molecule has 0 atom stereocenters. The second-order valence-corrected chi connectivity index (χ2v) is 6.52. The lowest BCUT2D eigenvalue weighted by atomic mass is 10.1. The molecule has 2 N–H and O–H groups in total. The number of para-hydroxylation sites is 2. The Morgan fingerprint density at radius 2 is 1.50 bits per heavy atom. The zero-order chi connectivity index (χ0) is 19.9. The highest BCUT2D eigenvalue weighted by Gasteiger charge is 2.09. The van der Waals surface area contributed by atoms with Crippen molar-refractivity contribution in [2.45, 2.75) is 6.92 Å². The zero-order valence-corrected chi connectivity index (χ0v) is 16.0. The smallest absolute Gasteiger partial charge is 0.262 e. The third kappa shape index (κ3) is 5.11. The molecule has 0 heterocycles. The lowest BCUT2D eigenvalue weighted by Gasteiger charge is -2.10. The number of nitrogens with one attached hydrogen (secondary N) is 2. The summed E-state index contributed by atoms with van der Waals surface area (Å²) in [6.07, 6.45) is 0. The first-order chi connectivity index (χ1) is 13.5. The second kappa shape index (κ2) is 9.06. The molecule has 0 aliphatic heterocycles. The van der Waals surface area contributed by atoms with Gasteiger partial charge in [0.1, 0.15) is 5.75 Å². The fourth-order valence-corrected chi connectivity index (χ4v) is 2.69. The van der Waals surface area contributed by atoms with Crippen LogP contribution >= 0.6 is 11.6 Å². The Morgan fingerprint density at radius 1 is 0.857 bits per heavy atom. The van der Waals surface area contributed by atoms with Crippen LogP contribution in [-0.4, -0.2) is 18.4 Å². The van der Waals surface area contributed by atoms with Gasteiger partial charge in [-0.1, -0.05) is 41.9 Å². The van der Waals surface area contributed by atoms with Crippen molar-refractivity contribution in [2.24, 2.45) is 0 Å². The van der Waals surface area contributed by atoms with Crippen LogP contribution in [0.4, 0.5) is 11.4 Å². The highest BCUT2D eigenvalue weighted by Crippen LogP contribution is 2.20. The molecule has 0 spiro atoms. The summed E-state index contributed by atoms with van der Waals surface area (Å²) in [6, 6.07) is 21.1. The molecule has 0 fully saturated rings. The van der Waals surface area contributed by atoms with Crippen LogP contribution in [0.1, 0.15) is 15.9 Å². The maximum Gasteiger partial charge on any atom is 0.262 e. The average Bonchev–Trinajstić information content (AvgIpc) is 2.70. The minimum atomic E-state index is -0.325. The van der Waals surface area contributed by atoms with E-state index in [1.165, 1.54) is 0 Å². The molecule has 142 valence electrons. The number of anilines is 2. The van der Waals surface area contributed by atoms with E-state index in [4.69, 9.17) is 16.3 Å². The summed E-state index contributed by atoms with van der Waals surface area (Å²) in [5.41, 5.74) is 2.78. The number of hydrogen-bond acceptors (Lipinski definition) is 3. The monoisotopic (exact) mass is 394 g/mol. The van der Waals surface area contributed by atoms with Gasteiger partial charge in [-0.05, 0) is 55.0 Å². The summed E-state index contributed by atoms with van der Waals surface area (Å²) in [5, 5.41) is 6.01. The van der Waals surface area contributed by atoms with Crippen molar-refractivity contribution >= 4 is 34.8 Å². The van der Waals surface area contributed by atoms with Gasteiger partial charge in [0.2, 0.25) is 0 Å². The maximum atomic E-state index is 12.4. The summed E-state index contributed by atoms with van der Waals surface area (Å²) >= 11 is 6.01. The molecule has 0 bridgehead atoms. The Bertz CT molecular complexity index is 987. The van der Waals surface area contributed by atoms with Crippen molar-refractivity contribution in [1.82, 2.24) is 0 Å². The van der Waals surface area contributed by atoms with E-state index in [0.717, 1.165) is 11.3 Å². The van der Waals surface area contributed by atoms with Gasteiger partial charge < -0.3 is 15.4 Å². The highest BCUT2D eigenvalue weighted by molar-refractivity contribution is 6.33. The zero-order valence-electron chi connectivity index (χ0n) is 15.2. The molecular weight excluding hydrogens is 376 g/mol. The molecule has 0 radical (unpaired) electrons. The quantitative estimate of drug-likeness (QED) is 0.623. The number of hydrogen-bond donors (Lipinski definition) is 2. The van der Waals surface area contributed by atoms with Gasteiger partial charge in [0, 0.05) is 11.3 Å². The first-order valence-corrected chi connectivity index (χ1v) is 9.05. The summed E-state index contributed by atoms with van der Waals surface area (Å²) in [6.45, 7) is 1.76. The van der Waals surface area contributed by atoms with Gasteiger partial charge in [0.05, 0.1) is 10.7 Å². The van der Waals surface area contributed by atoms with Crippen LogP contribution in [0.25, 0.3) is 0 Å². The van der Waals surface area contributed by atoms with Crippen LogP contribution in [0.3, 0.4) is 0 Å². The van der Waals surface area contributed by atoms with Gasteiger partial charge in [-0.2, -0.15) is 0 Å². The lowest BCUT2D eigenvalue weighted by Crippen LogP contribution is -2.20. The molecule has 3 rings (SSSR count). The Morgan fingerprint density at radius 3 is 2.18 bits per heavy atom. The van der Waals surface area contributed by atoms with Crippen molar-refractivity contribution < 1.29 is 14.3 Å². The Kier molecular flexibility index (Phi) is 6.29. The maximum absolute atomic E-state index is 12.4. The largest absolute Gasteiger partial charge is 0.484 e. The van der Waals surface area contributed by atoms with E-state index in [1.54, 1.807) is 48.5 Å². The number of carbonyl (C=O) groups excluding carboxylic acids is 2. The van der Waals surface area contributed by atoms with Gasteiger partial charge in [0.25, 0.3) is 11.8 Å². The van der Waals surface area contributed by atoms with Crippen LogP contribution in [0.15, 0.2) is 72.8 Å². The molecule has 28 heavy (non-hydrogen) atoms. The Labute approximate surface area is 168 Å². The van der Waals surface area contributed by atoms with Gasteiger partial charge in [-0.25, -0.2) is 0 Å². The number of ether oxygens (including phenoxy) is 1. The number of rotatable bonds is 6. The number of amides is 2. The third-order valence-electron chi connectivity index (χ3n) is 4.03. The van der Waals surface area contributed by atoms with E-state index < -0.39 is 0 Å². The predicted molar refractivity (Wildman–Crippen MR) is 111 cm³/mol. The Balaban J connectivity index is 1.54. The fraction of sp³-hybridized carbons (Fsp3) is 0.0909. The first kappa shape index (κ1) is 19.5. The lowest BCUT2D eigenvalue weighted by molar-refractivity contribution is -0.118.